The number of aromatic nitrogens is 3. The second-order valence-electron chi connectivity index (χ2n) is 2.96. The Morgan fingerprint density at radius 1 is 1.50 bits per heavy atom. The van der Waals surface area contributed by atoms with Crippen molar-refractivity contribution in [3.63, 3.8) is 0 Å². The number of aryl methyl sites for hydroxylation is 1. The zero-order chi connectivity index (χ0) is 10.1. The van der Waals surface area contributed by atoms with Gasteiger partial charge in [0.1, 0.15) is 6.33 Å². The average Bonchev–Trinajstić information content (AvgIpc) is 2.51. The lowest BCUT2D eigenvalue weighted by atomic mass is 10.2. The number of hydrogen-bond donors (Lipinski definition) is 1. The van der Waals surface area contributed by atoms with E-state index in [2.05, 4.69) is 26.0 Å². The molecule has 1 N–H and O–H groups in total. The van der Waals surface area contributed by atoms with Crippen molar-refractivity contribution >= 4 is 15.9 Å². The highest BCUT2D eigenvalue weighted by Gasteiger charge is 2.01. The van der Waals surface area contributed by atoms with Gasteiger partial charge in [-0.05, 0) is 30.7 Å². The molecule has 2 rings (SSSR count). The van der Waals surface area contributed by atoms with Gasteiger partial charge in [-0.15, -0.1) is 0 Å². The molecule has 14 heavy (non-hydrogen) atoms. The van der Waals surface area contributed by atoms with Crippen LogP contribution in [0.1, 0.15) is 5.56 Å². The molecule has 0 spiro atoms. The molecule has 0 radical (unpaired) electrons. The molecule has 1 aromatic heterocycles. The van der Waals surface area contributed by atoms with E-state index in [0.29, 0.717) is 0 Å². The van der Waals surface area contributed by atoms with Gasteiger partial charge in [-0.3, -0.25) is 0 Å². The van der Waals surface area contributed by atoms with Gasteiger partial charge in [0, 0.05) is 4.47 Å². The van der Waals surface area contributed by atoms with Crippen LogP contribution in [0.25, 0.3) is 5.69 Å². The second kappa shape index (κ2) is 3.42. The van der Waals surface area contributed by atoms with Gasteiger partial charge in [-0.1, -0.05) is 15.9 Å². The third-order valence-electron chi connectivity index (χ3n) is 1.92. The topological polar surface area (TPSA) is 50.7 Å². The Balaban J connectivity index is 2.57. The maximum Gasteiger partial charge on any atom is 0.361 e. The fraction of sp³-hybridized carbons (Fsp3) is 0.111. The van der Waals surface area contributed by atoms with Gasteiger partial charge in [0.05, 0.1) is 5.69 Å². The molecule has 0 saturated heterocycles. The van der Waals surface area contributed by atoms with E-state index in [0.717, 1.165) is 15.7 Å². The molecule has 0 atom stereocenters. The molecule has 0 saturated carbocycles. The van der Waals surface area contributed by atoms with Crippen LogP contribution in [0.4, 0.5) is 0 Å². The minimum atomic E-state index is -0.340. The summed E-state index contributed by atoms with van der Waals surface area (Å²) >= 11 is 3.38. The van der Waals surface area contributed by atoms with Crippen molar-refractivity contribution in [2.45, 2.75) is 6.92 Å². The SMILES string of the molecule is Cc1cc(Br)ccc1-n1cnc(=O)[nH]1. The monoisotopic (exact) mass is 253 g/mol. The lowest BCUT2D eigenvalue weighted by Gasteiger charge is -2.05. The third kappa shape index (κ3) is 1.63. The number of benzene rings is 1. The van der Waals surface area contributed by atoms with E-state index in [1.807, 2.05) is 25.1 Å². The van der Waals surface area contributed by atoms with Crippen LogP contribution < -0.4 is 5.69 Å². The van der Waals surface area contributed by atoms with Crippen LogP contribution in [0, 0.1) is 6.92 Å². The van der Waals surface area contributed by atoms with Crippen LogP contribution >= 0.6 is 15.9 Å². The van der Waals surface area contributed by atoms with E-state index < -0.39 is 0 Å². The van der Waals surface area contributed by atoms with Crippen LogP contribution in [-0.4, -0.2) is 14.8 Å². The van der Waals surface area contributed by atoms with E-state index in [-0.39, 0.29) is 5.69 Å². The molecule has 72 valence electrons. The molecule has 2 aromatic rings. The molecule has 1 aromatic carbocycles. The Morgan fingerprint density at radius 3 is 2.86 bits per heavy atom. The zero-order valence-electron chi connectivity index (χ0n) is 7.49. The Hall–Kier alpha value is -1.36. The summed E-state index contributed by atoms with van der Waals surface area (Å²) < 4.78 is 2.62. The highest BCUT2D eigenvalue weighted by molar-refractivity contribution is 9.10. The van der Waals surface area contributed by atoms with E-state index in [9.17, 15) is 4.79 Å². The number of H-pyrrole nitrogens is 1. The summed E-state index contributed by atoms with van der Waals surface area (Å²) in [5, 5.41) is 2.59. The summed E-state index contributed by atoms with van der Waals surface area (Å²) in [4.78, 5) is 14.4. The van der Waals surface area contributed by atoms with Crippen molar-refractivity contribution in [3.05, 3.63) is 45.0 Å². The molecule has 0 aliphatic carbocycles. The smallest absolute Gasteiger partial charge is 0.244 e. The fourth-order valence-corrected chi connectivity index (χ4v) is 1.76. The zero-order valence-corrected chi connectivity index (χ0v) is 9.08. The standard InChI is InChI=1S/C9H8BrN3O/c1-6-4-7(10)2-3-8(6)13-5-11-9(14)12-13/h2-5H,1H3,(H,12,14). The van der Waals surface area contributed by atoms with Crippen LogP contribution in [0.15, 0.2) is 33.8 Å². The first-order chi connectivity index (χ1) is 6.66. The van der Waals surface area contributed by atoms with Gasteiger partial charge in [-0.2, -0.15) is 4.98 Å². The van der Waals surface area contributed by atoms with Gasteiger partial charge >= 0.3 is 5.69 Å². The van der Waals surface area contributed by atoms with Crippen LogP contribution in [0.3, 0.4) is 0 Å². The van der Waals surface area contributed by atoms with Crippen molar-refractivity contribution < 1.29 is 0 Å². The molecule has 0 bridgehead atoms. The van der Waals surface area contributed by atoms with E-state index in [4.69, 9.17) is 0 Å². The van der Waals surface area contributed by atoms with Crippen molar-refractivity contribution in [1.82, 2.24) is 14.8 Å². The van der Waals surface area contributed by atoms with Crippen molar-refractivity contribution in [3.8, 4) is 5.69 Å². The first-order valence-electron chi connectivity index (χ1n) is 4.07. The third-order valence-corrected chi connectivity index (χ3v) is 2.42. The molecule has 0 fully saturated rings. The quantitative estimate of drug-likeness (QED) is 0.840. The fourth-order valence-electron chi connectivity index (χ4n) is 1.28. The van der Waals surface area contributed by atoms with E-state index in [1.54, 1.807) is 4.68 Å². The minimum Gasteiger partial charge on any atom is -0.244 e. The van der Waals surface area contributed by atoms with Crippen LogP contribution in [-0.2, 0) is 0 Å². The molecular weight excluding hydrogens is 246 g/mol. The Kier molecular flexibility index (Phi) is 2.25. The normalized spacial score (nSPS) is 10.4. The van der Waals surface area contributed by atoms with E-state index in [1.165, 1.54) is 6.33 Å². The molecule has 0 aliphatic heterocycles. The van der Waals surface area contributed by atoms with Gasteiger partial charge in [0.25, 0.3) is 0 Å². The highest BCUT2D eigenvalue weighted by atomic mass is 79.9. The number of nitrogens with one attached hydrogen (secondary N) is 1. The molecule has 0 amide bonds. The molecule has 1 heterocycles. The molecule has 5 heteroatoms. The van der Waals surface area contributed by atoms with Crippen LogP contribution in [0.5, 0.6) is 0 Å². The highest BCUT2D eigenvalue weighted by Crippen LogP contribution is 2.17. The van der Waals surface area contributed by atoms with Crippen LogP contribution in [0.2, 0.25) is 0 Å². The number of halogens is 1. The summed E-state index contributed by atoms with van der Waals surface area (Å²) in [5.74, 6) is 0. The first-order valence-corrected chi connectivity index (χ1v) is 4.86. The maximum absolute atomic E-state index is 10.8. The Morgan fingerprint density at radius 2 is 2.29 bits per heavy atom. The van der Waals surface area contributed by atoms with E-state index >= 15 is 0 Å². The Labute approximate surface area is 88.7 Å². The predicted molar refractivity (Wildman–Crippen MR) is 56.6 cm³/mol. The Bertz CT molecular complexity index is 515. The predicted octanol–water partition coefficient (Wildman–Crippen LogP) is 1.63. The molecule has 0 unspecified atom stereocenters. The van der Waals surface area contributed by atoms with Gasteiger partial charge in [0.15, 0.2) is 0 Å². The largest absolute Gasteiger partial charge is 0.361 e. The number of rotatable bonds is 1. The number of nitrogens with zero attached hydrogens (tertiary/aromatic N) is 2. The van der Waals surface area contributed by atoms with Gasteiger partial charge in [0.2, 0.25) is 0 Å². The van der Waals surface area contributed by atoms with Crippen molar-refractivity contribution in [1.29, 1.82) is 0 Å². The number of aromatic amines is 1. The molecular formula is C9H8BrN3O. The summed E-state index contributed by atoms with van der Waals surface area (Å²) in [5.41, 5.74) is 1.64. The lowest BCUT2D eigenvalue weighted by Crippen LogP contribution is -2.05. The molecule has 4 nitrogen and oxygen atoms in total. The van der Waals surface area contributed by atoms with Crippen molar-refractivity contribution in [2.24, 2.45) is 0 Å². The first kappa shape index (κ1) is 9.21. The summed E-state index contributed by atoms with van der Waals surface area (Å²) in [7, 11) is 0. The summed E-state index contributed by atoms with van der Waals surface area (Å²) in [6, 6.07) is 5.81. The lowest BCUT2D eigenvalue weighted by molar-refractivity contribution is 0.857. The second-order valence-corrected chi connectivity index (χ2v) is 3.88. The minimum absolute atomic E-state index is 0.340. The maximum atomic E-state index is 10.8. The summed E-state index contributed by atoms with van der Waals surface area (Å²) in [6.07, 6.45) is 1.47. The van der Waals surface area contributed by atoms with Gasteiger partial charge < -0.3 is 0 Å². The van der Waals surface area contributed by atoms with Crippen molar-refractivity contribution in [2.75, 3.05) is 0 Å². The summed E-state index contributed by atoms with van der Waals surface area (Å²) in [6.45, 7) is 1.97. The van der Waals surface area contributed by atoms with Gasteiger partial charge in [-0.25, -0.2) is 14.6 Å². The average molecular weight is 254 g/mol. The molecule has 0 aliphatic rings. The number of hydrogen-bond acceptors (Lipinski definition) is 2.